The molecule has 2 aliphatic heterocycles. The fourth-order valence-corrected chi connectivity index (χ4v) is 3.07. The van der Waals surface area contributed by atoms with Gasteiger partial charge in [0.05, 0.1) is 0 Å². The molecule has 3 atom stereocenters. The summed E-state index contributed by atoms with van der Waals surface area (Å²) in [7, 11) is 0. The highest BCUT2D eigenvalue weighted by atomic mass is 19.4. The van der Waals surface area contributed by atoms with Gasteiger partial charge in [0.2, 0.25) is 11.8 Å². The van der Waals surface area contributed by atoms with Crippen LogP contribution >= 0.6 is 0 Å². The van der Waals surface area contributed by atoms with Crippen LogP contribution in [0.4, 0.5) is 17.6 Å². The van der Waals surface area contributed by atoms with Gasteiger partial charge in [-0.25, -0.2) is 4.98 Å². The Morgan fingerprint density at radius 3 is 2.77 bits per heavy atom. The number of alkyl halides is 3. The first-order chi connectivity index (χ1) is 10.3. The summed E-state index contributed by atoms with van der Waals surface area (Å²) in [4.78, 5) is 20.5. The Bertz CT molecular complexity index is 580. The van der Waals surface area contributed by atoms with Crippen LogP contribution in [0.3, 0.4) is 0 Å². The van der Waals surface area contributed by atoms with Crippen LogP contribution in [0, 0.1) is 11.9 Å². The van der Waals surface area contributed by atoms with E-state index >= 15 is 0 Å². The van der Waals surface area contributed by atoms with Crippen molar-refractivity contribution in [2.45, 2.75) is 25.1 Å². The van der Waals surface area contributed by atoms with Crippen LogP contribution in [0.25, 0.3) is 0 Å². The predicted molar refractivity (Wildman–Crippen MR) is 67.4 cm³/mol. The Morgan fingerprint density at radius 2 is 2.14 bits per heavy atom. The quantitative estimate of drug-likeness (QED) is 0.662. The number of fused-ring (bicyclic) bond motifs is 2. The summed E-state index contributed by atoms with van der Waals surface area (Å²) in [6, 6.07) is -0.109. The summed E-state index contributed by atoms with van der Waals surface area (Å²) in [5.74, 6) is -2.55. The average Bonchev–Trinajstić information content (AvgIpc) is 2.76. The Balaban J connectivity index is 1.69. The molecular weight excluding hydrogens is 304 g/mol. The van der Waals surface area contributed by atoms with Gasteiger partial charge in [-0.3, -0.25) is 4.79 Å². The van der Waals surface area contributed by atoms with Crippen LogP contribution in [-0.4, -0.2) is 46.5 Å². The maximum atomic E-state index is 13.4. The highest BCUT2D eigenvalue weighted by molar-refractivity contribution is 5.90. The molecule has 0 saturated carbocycles. The first kappa shape index (κ1) is 15.1. The molecule has 0 radical (unpaired) electrons. The van der Waals surface area contributed by atoms with Crippen molar-refractivity contribution in [2.24, 2.45) is 5.92 Å². The van der Waals surface area contributed by atoms with Gasteiger partial charge in [0.15, 0.2) is 0 Å². The molecule has 0 spiro atoms. The fourth-order valence-electron chi connectivity index (χ4n) is 3.07. The summed E-state index contributed by atoms with van der Waals surface area (Å²) in [5.41, 5.74) is -1.58. The molecule has 2 bridgehead atoms. The standard InChI is InChI=1S/C13H14F4N4O/c14-10-9(13(15,16)17)4-18-11(20-10)12(22)19-8-3-7-1-2-21(5-7)6-8/h4,7-8H,1-3,5-6H2,(H,19,22). The van der Waals surface area contributed by atoms with Gasteiger partial charge in [-0.2, -0.15) is 22.5 Å². The first-order valence-electron chi connectivity index (χ1n) is 6.96. The van der Waals surface area contributed by atoms with Crippen LogP contribution in [0.1, 0.15) is 29.0 Å². The number of rotatable bonds is 2. The van der Waals surface area contributed by atoms with Crippen LogP contribution in [0.5, 0.6) is 0 Å². The van der Waals surface area contributed by atoms with E-state index in [1.54, 1.807) is 0 Å². The number of nitrogens with zero attached hydrogens (tertiary/aromatic N) is 3. The van der Waals surface area contributed by atoms with Crippen molar-refractivity contribution in [1.29, 1.82) is 0 Å². The van der Waals surface area contributed by atoms with E-state index in [0.717, 1.165) is 25.9 Å². The lowest BCUT2D eigenvalue weighted by atomic mass is 9.97. The molecule has 22 heavy (non-hydrogen) atoms. The van der Waals surface area contributed by atoms with Gasteiger partial charge in [-0.1, -0.05) is 0 Å². The van der Waals surface area contributed by atoms with E-state index in [4.69, 9.17) is 0 Å². The molecule has 1 N–H and O–H groups in total. The maximum absolute atomic E-state index is 13.4. The molecule has 0 aliphatic carbocycles. The smallest absolute Gasteiger partial charge is 0.345 e. The second-order valence-electron chi connectivity index (χ2n) is 5.72. The van der Waals surface area contributed by atoms with Gasteiger partial charge in [0.1, 0.15) is 5.56 Å². The zero-order valence-electron chi connectivity index (χ0n) is 11.5. The van der Waals surface area contributed by atoms with E-state index in [2.05, 4.69) is 20.2 Å². The number of hydrogen-bond acceptors (Lipinski definition) is 4. The lowest BCUT2D eigenvalue weighted by Gasteiger charge is -2.30. The molecule has 2 aliphatic rings. The van der Waals surface area contributed by atoms with Crippen LogP contribution in [0.15, 0.2) is 6.20 Å². The molecule has 3 rings (SSSR count). The molecule has 9 heteroatoms. The van der Waals surface area contributed by atoms with Gasteiger partial charge in [0.25, 0.3) is 5.91 Å². The van der Waals surface area contributed by atoms with Crippen LogP contribution in [-0.2, 0) is 6.18 Å². The summed E-state index contributed by atoms with van der Waals surface area (Å²) < 4.78 is 50.6. The van der Waals surface area contributed by atoms with E-state index in [0.29, 0.717) is 18.7 Å². The lowest BCUT2D eigenvalue weighted by Crippen LogP contribution is -2.47. The number of nitrogens with one attached hydrogen (secondary N) is 1. The average molecular weight is 318 g/mol. The first-order valence-corrected chi connectivity index (χ1v) is 6.96. The molecule has 2 saturated heterocycles. The predicted octanol–water partition coefficient (Wildman–Crippen LogP) is 1.46. The number of hydrogen-bond donors (Lipinski definition) is 1. The Kier molecular flexibility index (Phi) is 3.75. The second kappa shape index (κ2) is 5.45. The molecule has 3 heterocycles. The van der Waals surface area contributed by atoms with E-state index in [1.165, 1.54) is 0 Å². The van der Waals surface area contributed by atoms with Crippen molar-refractivity contribution in [3.05, 3.63) is 23.5 Å². The number of halogens is 4. The van der Waals surface area contributed by atoms with Crippen molar-refractivity contribution in [3.8, 4) is 0 Å². The van der Waals surface area contributed by atoms with E-state index in [9.17, 15) is 22.4 Å². The third-order valence-electron chi connectivity index (χ3n) is 4.05. The van der Waals surface area contributed by atoms with Gasteiger partial charge in [-0.15, -0.1) is 0 Å². The number of carbonyl (C=O) groups is 1. The number of amides is 1. The van der Waals surface area contributed by atoms with E-state index < -0.39 is 29.4 Å². The molecule has 3 unspecified atom stereocenters. The molecule has 5 nitrogen and oxygen atoms in total. The molecule has 1 aromatic rings. The molecule has 2 fully saturated rings. The second-order valence-corrected chi connectivity index (χ2v) is 5.72. The number of piperidine rings is 1. The van der Waals surface area contributed by atoms with Gasteiger partial charge in [-0.05, 0) is 25.3 Å². The number of aromatic nitrogens is 2. The summed E-state index contributed by atoms with van der Waals surface area (Å²) in [6.45, 7) is 2.69. The number of carbonyl (C=O) groups excluding carboxylic acids is 1. The summed E-state index contributed by atoms with van der Waals surface area (Å²) >= 11 is 0. The van der Waals surface area contributed by atoms with Crippen LogP contribution in [0.2, 0.25) is 0 Å². The topological polar surface area (TPSA) is 58.1 Å². The molecule has 1 amide bonds. The van der Waals surface area contributed by atoms with Crippen molar-refractivity contribution < 1.29 is 22.4 Å². The van der Waals surface area contributed by atoms with E-state index in [1.807, 2.05) is 0 Å². The van der Waals surface area contributed by atoms with Crippen molar-refractivity contribution in [3.63, 3.8) is 0 Å². The lowest BCUT2D eigenvalue weighted by molar-refractivity contribution is -0.140. The van der Waals surface area contributed by atoms with Crippen molar-refractivity contribution >= 4 is 5.91 Å². The Morgan fingerprint density at radius 1 is 1.36 bits per heavy atom. The van der Waals surface area contributed by atoms with Crippen molar-refractivity contribution in [1.82, 2.24) is 20.2 Å². The highest BCUT2D eigenvalue weighted by Gasteiger charge is 2.37. The van der Waals surface area contributed by atoms with Gasteiger partial charge < -0.3 is 10.2 Å². The Hall–Kier alpha value is -1.77. The SMILES string of the molecule is O=C(NC1CC2CCN(C2)C1)c1ncc(C(F)(F)F)c(F)n1. The summed E-state index contributed by atoms with van der Waals surface area (Å²) in [5, 5.41) is 2.67. The minimum Gasteiger partial charge on any atom is -0.345 e. The van der Waals surface area contributed by atoms with Gasteiger partial charge >= 0.3 is 6.18 Å². The normalized spacial score (nSPS) is 27.7. The monoisotopic (exact) mass is 318 g/mol. The molecule has 0 aromatic carbocycles. The summed E-state index contributed by atoms with van der Waals surface area (Å²) in [6.07, 6.45) is -2.69. The third-order valence-corrected chi connectivity index (χ3v) is 4.05. The third kappa shape index (κ3) is 3.03. The Labute approximate surface area is 123 Å². The molecular formula is C13H14F4N4O. The zero-order chi connectivity index (χ0) is 15.9. The minimum absolute atomic E-state index is 0.109. The largest absolute Gasteiger partial charge is 0.422 e. The molecule has 1 aromatic heterocycles. The molecule has 120 valence electrons. The van der Waals surface area contributed by atoms with Crippen molar-refractivity contribution in [2.75, 3.05) is 19.6 Å². The zero-order valence-corrected chi connectivity index (χ0v) is 11.5. The van der Waals surface area contributed by atoms with Gasteiger partial charge in [0, 0.05) is 25.3 Å². The maximum Gasteiger partial charge on any atom is 0.422 e. The van der Waals surface area contributed by atoms with E-state index in [-0.39, 0.29) is 6.04 Å². The fraction of sp³-hybridized carbons (Fsp3) is 0.615. The highest BCUT2D eigenvalue weighted by Crippen LogP contribution is 2.30. The minimum atomic E-state index is -4.88. The van der Waals surface area contributed by atoms with Crippen LogP contribution < -0.4 is 5.32 Å².